The van der Waals surface area contributed by atoms with Gasteiger partial charge < -0.3 is 24.8 Å². The highest BCUT2D eigenvalue weighted by Crippen LogP contribution is 2.38. The molecule has 0 spiro atoms. The first-order chi connectivity index (χ1) is 26.2. The second-order valence-electron chi connectivity index (χ2n) is 14.7. The highest BCUT2D eigenvalue weighted by Gasteiger charge is 2.18. The van der Waals surface area contributed by atoms with E-state index in [9.17, 15) is 8.78 Å². The van der Waals surface area contributed by atoms with Crippen LogP contribution in [0.2, 0.25) is 0 Å². The molecule has 0 saturated heterocycles. The minimum Gasteiger partial charge on any atom is -0.354 e. The summed E-state index contributed by atoms with van der Waals surface area (Å²) in [5, 5.41) is 8.61. The molecule has 0 atom stereocenters. The minimum absolute atomic E-state index is 0.293. The zero-order valence-corrected chi connectivity index (χ0v) is 30.7. The Labute approximate surface area is 310 Å². The molecule has 6 nitrogen and oxygen atoms in total. The lowest BCUT2D eigenvalue weighted by atomic mass is 10.00. The number of fused-ring (bicyclic) bond motifs is 12. The maximum absolute atomic E-state index is 13.9. The van der Waals surface area contributed by atoms with Crippen molar-refractivity contribution in [3.63, 3.8) is 0 Å². The molecule has 0 aliphatic rings. The summed E-state index contributed by atoms with van der Waals surface area (Å²) in [5.74, 6) is 5.87. The first kappa shape index (κ1) is 33.7. The van der Waals surface area contributed by atoms with Crippen molar-refractivity contribution in [2.45, 2.75) is 12.8 Å². The molecule has 0 saturated carbocycles. The number of nitrogens with zero attached hydrogens (tertiary/aromatic N) is 2. The lowest BCUT2D eigenvalue weighted by Crippen LogP contribution is -2.13. The molecule has 10 rings (SSSR count). The summed E-state index contributed by atoms with van der Waals surface area (Å²) in [5.41, 5.74) is 10.6. The fraction of sp³-hybridized carbons (Fsp3) is 0.174. The third kappa shape index (κ3) is 5.83. The fourth-order valence-corrected chi connectivity index (χ4v) is 7.94. The minimum atomic E-state index is -0.293. The van der Waals surface area contributed by atoms with Crippen molar-refractivity contribution < 1.29 is 8.78 Å². The zero-order valence-electron chi connectivity index (χ0n) is 30.7. The van der Waals surface area contributed by atoms with E-state index >= 15 is 0 Å². The number of halogens is 2. The summed E-state index contributed by atoms with van der Waals surface area (Å²) in [4.78, 5) is 18.4. The molecular formula is C46H40F2N6. The van der Waals surface area contributed by atoms with Crippen molar-refractivity contribution in [2.75, 3.05) is 41.3 Å². The lowest BCUT2D eigenvalue weighted by molar-refractivity contribution is 0.401. The molecule has 6 aromatic carbocycles. The Morgan fingerprint density at radius 1 is 0.500 bits per heavy atom. The van der Waals surface area contributed by atoms with E-state index < -0.39 is 0 Å². The number of para-hydroxylation sites is 2. The Kier molecular flexibility index (Phi) is 8.34. The maximum Gasteiger partial charge on any atom is 0.123 e. The van der Waals surface area contributed by atoms with E-state index in [0.717, 1.165) is 68.6 Å². The Morgan fingerprint density at radius 2 is 0.963 bits per heavy atom. The molecule has 268 valence electrons. The van der Waals surface area contributed by atoms with Crippen molar-refractivity contribution in [3.8, 4) is 11.8 Å². The van der Waals surface area contributed by atoms with Gasteiger partial charge in [-0.2, -0.15) is 0 Å². The normalized spacial score (nSPS) is 12.0. The molecule has 54 heavy (non-hydrogen) atoms. The Morgan fingerprint density at radius 3 is 1.46 bits per heavy atom. The van der Waals surface area contributed by atoms with Crippen molar-refractivity contribution >= 4 is 87.2 Å². The predicted octanol–water partition coefficient (Wildman–Crippen LogP) is 10.6. The molecule has 0 fully saturated rings. The Bertz CT molecular complexity index is 2930. The second kappa shape index (κ2) is 13.4. The van der Waals surface area contributed by atoms with Gasteiger partial charge in [0.05, 0.1) is 34.2 Å². The molecule has 0 aliphatic heterocycles. The zero-order chi connectivity index (χ0) is 37.1. The number of hydrogen-bond donors (Lipinski definition) is 4. The average Bonchev–Trinajstić information content (AvgIpc) is 3.92. The van der Waals surface area contributed by atoms with Crippen LogP contribution in [0.1, 0.15) is 17.5 Å². The number of aryl methyl sites for hydroxylation is 1. The van der Waals surface area contributed by atoms with Gasteiger partial charge in [0.25, 0.3) is 0 Å². The molecule has 0 unspecified atom stereocenters. The van der Waals surface area contributed by atoms with Crippen LogP contribution in [0.15, 0.2) is 97.1 Å². The number of hydrogen-bond acceptors (Lipinski definition) is 2. The highest BCUT2D eigenvalue weighted by atomic mass is 19.1. The molecule has 4 N–H and O–H groups in total. The Balaban J connectivity index is 0.000000143. The van der Waals surface area contributed by atoms with Gasteiger partial charge in [0.1, 0.15) is 11.6 Å². The van der Waals surface area contributed by atoms with Crippen LogP contribution in [0.5, 0.6) is 0 Å². The number of rotatable bonds is 5. The van der Waals surface area contributed by atoms with Crippen molar-refractivity contribution in [3.05, 3.63) is 120 Å². The van der Waals surface area contributed by atoms with Gasteiger partial charge in [0, 0.05) is 70.7 Å². The average molecular weight is 715 g/mol. The van der Waals surface area contributed by atoms with E-state index in [2.05, 4.69) is 105 Å². The largest absolute Gasteiger partial charge is 0.354 e. The molecule has 8 heteroatoms. The molecule has 0 radical (unpaired) electrons. The van der Waals surface area contributed by atoms with Crippen molar-refractivity contribution in [1.29, 1.82) is 0 Å². The van der Waals surface area contributed by atoms with E-state index in [1.165, 1.54) is 73.4 Å². The standard InChI is InChI=1S/C23H17F2N3.C23H23N3/c1-28(2)9-3-4-15-22-18(16-10-13(24)5-7-20(16)26-22)12-19-17-11-14(25)6-8-21(17)27-23(15)19;1-26(2)13-7-10-17-22-18(15-8-3-5-11-20(15)24-22)14-19-16-9-4-6-12-21(16)25-23(17)19/h5-8,10-12,26-27H,9H2,1-2H3;3-6,8-9,11-12,14,24-25H,7,10,13H2,1-2H3. The van der Waals surface area contributed by atoms with Crippen LogP contribution < -0.4 is 0 Å². The van der Waals surface area contributed by atoms with Gasteiger partial charge in [-0.1, -0.05) is 48.2 Å². The van der Waals surface area contributed by atoms with Gasteiger partial charge in [0.15, 0.2) is 0 Å². The van der Waals surface area contributed by atoms with Crippen LogP contribution in [0.4, 0.5) is 8.78 Å². The SMILES string of the molecule is CN(C)CC#Cc1c2[nH]c3ccc(F)cc3c2cc2c1[nH]c1ccc(F)cc12.CN(C)CCCc1c2[nH]c3ccccc3c2cc2c1[nH]c1ccccc12. The van der Waals surface area contributed by atoms with E-state index in [0.29, 0.717) is 6.54 Å². The van der Waals surface area contributed by atoms with Crippen LogP contribution in [0.25, 0.3) is 87.2 Å². The quantitative estimate of drug-likeness (QED) is 0.134. The van der Waals surface area contributed by atoms with Crippen LogP contribution in [-0.4, -0.2) is 71.0 Å². The highest BCUT2D eigenvalue weighted by molar-refractivity contribution is 6.21. The molecule has 0 amide bonds. The Hall–Kier alpha value is -6.14. The van der Waals surface area contributed by atoms with Crippen molar-refractivity contribution in [2.24, 2.45) is 0 Å². The van der Waals surface area contributed by atoms with Crippen LogP contribution >= 0.6 is 0 Å². The first-order valence-corrected chi connectivity index (χ1v) is 18.3. The van der Waals surface area contributed by atoms with Gasteiger partial charge in [-0.05, 0) is 108 Å². The number of aromatic nitrogens is 4. The maximum atomic E-state index is 13.9. The van der Waals surface area contributed by atoms with Gasteiger partial charge in [-0.25, -0.2) is 8.78 Å². The topological polar surface area (TPSA) is 69.6 Å². The molecule has 4 aromatic heterocycles. The van der Waals surface area contributed by atoms with Crippen LogP contribution in [0.3, 0.4) is 0 Å². The fourth-order valence-electron chi connectivity index (χ4n) is 7.94. The summed E-state index contributed by atoms with van der Waals surface area (Å²) in [6.07, 6.45) is 2.21. The van der Waals surface area contributed by atoms with E-state index in [1.807, 2.05) is 25.1 Å². The number of nitrogens with one attached hydrogen (secondary N) is 4. The number of benzene rings is 6. The summed E-state index contributed by atoms with van der Waals surface area (Å²) in [6, 6.07) is 31.0. The summed E-state index contributed by atoms with van der Waals surface area (Å²) < 4.78 is 27.8. The van der Waals surface area contributed by atoms with Gasteiger partial charge in [-0.15, -0.1) is 0 Å². The third-order valence-corrected chi connectivity index (χ3v) is 10.4. The van der Waals surface area contributed by atoms with Gasteiger partial charge in [0.2, 0.25) is 0 Å². The summed E-state index contributed by atoms with van der Waals surface area (Å²) in [6.45, 7) is 1.71. The van der Waals surface area contributed by atoms with Gasteiger partial charge >= 0.3 is 0 Å². The van der Waals surface area contributed by atoms with E-state index in [-0.39, 0.29) is 11.6 Å². The van der Waals surface area contributed by atoms with E-state index in [4.69, 9.17) is 0 Å². The molecule has 10 aromatic rings. The number of H-pyrrole nitrogens is 4. The molecular weight excluding hydrogens is 675 g/mol. The summed E-state index contributed by atoms with van der Waals surface area (Å²) >= 11 is 0. The lowest BCUT2D eigenvalue weighted by Gasteiger charge is -2.10. The summed E-state index contributed by atoms with van der Waals surface area (Å²) in [7, 11) is 8.20. The van der Waals surface area contributed by atoms with Gasteiger partial charge in [-0.3, -0.25) is 4.90 Å². The first-order valence-electron chi connectivity index (χ1n) is 18.3. The van der Waals surface area contributed by atoms with Crippen molar-refractivity contribution in [1.82, 2.24) is 29.7 Å². The predicted molar refractivity (Wildman–Crippen MR) is 223 cm³/mol. The molecule has 0 aliphatic carbocycles. The molecule has 4 heterocycles. The van der Waals surface area contributed by atoms with Crippen LogP contribution in [-0.2, 0) is 6.42 Å². The smallest absolute Gasteiger partial charge is 0.123 e. The van der Waals surface area contributed by atoms with Crippen LogP contribution in [0, 0.1) is 23.5 Å². The van der Waals surface area contributed by atoms with E-state index in [1.54, 1.807) is 12.1 Å². The monoisotopic (exact) mass is 714 g/mol. The molecule has 0 bridgehead atoms. The number of aromatic amines is 4. The third-order valence-electron chi connectivity index (χ3n) is 10.4. The second-order valence-corrected chi connectivity index (χ2v) is 14.7.